The number of fused-ring (bicyclic) bond motifs is 1. The van der Waals surface area contributed by atoms with Crippen LogP contribution in [-0.2, 0) is 25.9 Å². The van der Waals surface area contributed by atoms with Gasteiger partial charge in [0.1, 0.15) is 11.6 Å². The number of rotatable bonds is 7. The molecule has 1 aromatic carbocycles. The predicted molar refractivity (Wildman–Crippen MR) is 124 cm³/mol. The molecule has 2 aromatic rings. The van der Waals surface area contributed by atoms with Crippen LogP contribution >= 0.6 is 24.0 Å². The molecule has 3 rings (SSSR count). The first-order valence-corrected chi connectivity index (χ1v) is 9.81. The lowest BCUT2D eigenvalue weighted by Gasteiger charge is -2.14. The van der Waals surface area contributed by atoms with Crippen LogP contribution in [0.5, 0.6) is 11.5 Å². The third-order valence-corrected chi connectivity index (χ3v) is 4.96. The number of guanidine groups is 1. The van der Waals surface area contributed by atoms with E-state index in [2.05, 4.69) is 30.4 Å². The molecule has 0 radical (unpaired) electrons. The number of nitrogens with one attached hydrogen (secondary N) is 2. The van der Waals surface area contributed by atoms with Crippen molar-refractivity contribution in [3.8, 4) is 11.5 Å². The summed E-state index contributed by atoms with van der Waals surface area (Å²) in [5, 5.41) is 15.4. The van der Waals surface area contributed by atoms with E-state index < -0.39 is 0 Å². The Balaban J connectivity index is 0.00000300. The zero-order chi connectivity index (χ0) is 19.8. The second-order valence-corrected chi connectivity index (χ2v) is 6.79. The van der Waals surface area contributed by atoms with Gasteiger partial charge in [0, 0.05) is 39.5 Å². The Morgan fingerprint density at radius 1 is 1.10 bits per heavy atom. The Hall–Kier alpha value is -2.04. The van der Waals surface area contributed by atoms with Gasteiger partial charge in [0.15, 0.2) is 17.5 Å². The molecule has 0 spiro atoms. The zero-order valence-electron chi connectivity index (χ0n) is 17.4. The highest BCUT2D eigenvalue weighted by Crippen LogP contribution is 2.27. The van der Waals surface area contributed by atoms with Crippen molar-refractivity contribution in [2.24, 2.45) is 4.99 Å². The fraction of sp³-hybridized carbons (Fsp3) is 0.550. The number of aryl methyl sites for hydroxylation is 1. The monoisotopic (exact) mass is 514 g/mol. The smallest absolute Gasteiger partial charge is 0.191 e. The van der Waals surface area contributed by atoms with Crippen molar-refractivity contribution in [2.75, 3.05) is 27.8 Å². The summed E-state index contributed by atoms with van der Waals surface area (Å²) >= 11 is 0. The van der Waals surface area contributed by atoms with E-state index in [1.165, 1.54) is 19.3 Å². The normalized spacial score (nSPS) is 13.7. The number of hydrogen-bond acceptors (Lipinski definition) is 5. The van der Waals surface area contributed by atoms with Crippen LogP contribution in [0.25, 0.3) is 0 Å². The van der Waals surface area contributed by atoms with Crippen LogP contribution in [0.3, 0.4) is 0 Å². The summed E-state index contributed by atoms with van der Waals surface area (Å²) in [7, 11) is 5.05. The molecule has 29 heavy (non-hydrogen) atoms. The van der Waals surface area contributed by atoms with Gasteiger partial charge in [0.05, 0.1) is 14.2 Å². The quantitative estimate of drug-likeness (QED) is 0.336. The van der Waals surface area contributed by atoms with E-state index in [4.69, 9.17) is 9.47 Å². The van der Waals surface area contributed by atoms with Crippen LogP contribution in [0, 0.1) is 0 Å². The molecule has 1 aromatic heterocycles. The topological polar surface area (TPSA) is 85.6 Å². The fourth-order valence-corrected chi connectivity index (χ4v) is 3.42. The molecule has 0 atom stereocenters. The average Bonchev–Trinajstić information content (AvgIpc) is 2.96. The molecule has 8 nitrogen and oxygen atoms in total. The molecule has 9 heteroatoms. The number of aliphatic imine (C=N–C) groups is 1. The second-order valence-electron chi connectivity index (χ2n) is 6.79. The lowest BCUT2D eigenvalue weighted by atomic mass is 10.2. The largest absolute Gasteiger partial charge is 0.493 e. The highest BCUT2D eigenvalue weighted by Gasteiger charge is 2.14. The SMILES string of the molecule is CN=C(NCCc1nnc2n1CCCCC2)NCc1ccc(OC)c(OC)c1.I. The minimum Gasteiger partial charge on any atom is -0.493 e. The highest BCUT2D eigenvalue weighted by atomic mass is 127. The first-order valence-electron chi connectivity index (χ1n) is 9.81. The van der Waals surface area contributed by atoms with Gasteiger partial charge in [-0.05, 0) is 30.5 Å². The van der Waals surface area contributed by atoms with Crippen molar-refractivity contribution in [2.45, 2.75) is 45.2 Å². The summed E-state index contributed by atoms with van der Waals surface area (Å²) in [6.45, 7) is 2.42. The Labute approximate surface area is 189 Å². The van der Waals surface area contributed by atoms with Crippen molar-refractivity contribution in [1.82, 2.24) is 25.4 Å². The standard InChI is InChI=1S/C20H30N6O2.HI/c1-21-20(23-14-15-8-9-16(27-2)17(13-15)28-3)22-11-10-19-25-24-18-7-5-4-6-12-26(18)19;/h8-9,13H,4-7,10-12,14H2,1-3H3,(H2,21,22,23);1H. The van der Waals surface area contributed by atoms with E-state index in [9.17, 15) is 0 Å². The van der Waals surface area contributed by atoms with Crippen LogP contribution in [-0.4, -0.2) is 48.5 Å². The van der Waals surface area contributed by atoms with Crippen molar-refractivity contribution in [1.29, 1.82) is 0 Å². The summed E-state index contributed by atoms with van der Waals surface area (Å²) in [6.07, 6.45) is 5.55. The van der Waals surface area contributed by atoms with E-state index >= 15 is 0 Å². The molecule has 0 unspecified atom stereocenters. The van der Waals surface area contributed by atoms with Crippen molar-refractivity contribution >= 4 is 29.9 Å². The van der Waals surface area contributed by atoms with Gasteiger partial charge in [0.2, 0.25) is 0 Å². The van der Waals surface area contributed by atoms with Gasteiger partial charge in [-0.1, -0.05) is 12.5 Å². The zero-order valence-corrected chi connectivity index (χ0v) is 19.7. The molecular weight excluding hydrogens is 483 g/mol. The maximum atomic E-state index is 5.36. The van der Waals surface area contributed by atoms with Crippen LogP contribution in [0.4, 0.5) is 0 Å². The van der Waals surface area contributed by atoms with Gasteiger partial charge < -0.3 is 24.7 Å². The van der Waals surface area contributed by atoms with Gasteiger partial charge in [0.25, 0.3) is 0 Å². The molecule has 0 aliphatic carbocycles. The average molecular weight is 514 g/mol. The maximum absolute atomic E-state index is 5.36. The van der Waals surface area contributed by atoms with Crippen LogP contribution in [0.2, 0.25) is 0 Å². The molecule has 0 bridgehead atoms. The summed E-state index contributed by atoms with van der Waals surface area (Å²) < 4.78 is 12.9. The Kier molecular flexibility index (Phi) is 9.49. The number of nitrogens with zero attached hydrogens (tertiary/aromatic N) is 4. The minimum absolute atomic E-state index is 0. The molecule has 0 amide bonds. The first kappa shape index (κ1) is 23.2. The molecule has 0 saturated heterocycles. The van der Waals surface area contributed by atoms with Crippen molar-refractivity contribution < 1.29 is 9.47 Å². The molecule has 160 valence electrons. The molecule has 1 aliphatic rings. The fourth-order valence-electron chi connectivity index (χ4n) is 3.42. The lowest BCUT2D eigenvalue weighted by Crippen LogP contribution is -2.38. The predicted octanol–water partition coefficient (Wildman–Crippen LogP) is 2.55. The summed E-state index contributed by atoms with van der Waals surface area (Å²) in [5.74, 6) is 4.38. The molecule has 1 aliphatic heterocycles. The highest BCUT2D eigenvalue weighted by molar-refractivity contribution is 14.0. The maximum Gasteiger partial charge on any atom is 0.191 e. The Morgan fingerprint density at radius 2 is 1.93 bits per heavy atom. The molecular formula is C20H31IN6O2. The van der Waals surface area contributed by atoms with E-state index in [1.54, 1.807) is 21.3 Å². The molecule has 2 heterocycles. The number of benzene rings is 1. The number of aromatic nitrogens is 3. The second kappa shape index (κ2) is 11.8. The first-order chi connectivity index (χ1) is 13.7. The van der Waals surface area contributed by atoms with E-state index in [-0.39, 0.29) is 24.0 Å². The van der Waals surface area contributed by atoms with Crippen LogP contribution in [0.1, 0.15) is 36.5 Å². The molecule has 0 saturated carbocycles. The summed E-state index contributed by atoms with van der Waals surface area (Å²) in [4.78, 5) is 4.30. The number of methoxy groups -OCH3 is 2. The Morgan fingerprint density at radius 3 is 2.69 bits per heavy atom. The minimum atomic E-state index is 0. The number of ether oxygens (including phenoxy) is 2. The van der Waals surface area contributed by atoms with Gasteiger partial charge in [-0.15, -0.1) is 34.2 Å². The van der Waals surface area contributed by atoms with Crippen molar-refractivity contribution in [3.63, 3.8) is 0 Å². The third kappa shape index (κ3) is 6.22. The third-order valence-electron chi connectivity index (χ3n) is 4.96. The molecule has 2 N–H and O–H groups in total. The van der Waals surface area contributed by atoms with Gasteiger partial charge >= 0.3 is 0 Å². The summed E-state index contributed by atoms with van der Waals surface area (Å²) in [6, 6.07) is 5.88. The van der Waals surface area contributed by atoms with Gasteiger partial charge in [-0.3, -0.25) is 4.99 Å². The number of halogens is 1. The summed E-state index contributed by atoms with van der Waals surface area (Å²) in [5.41, 5.74) is 1.09. The van der Waals surface area contributed by atoms with Crippen LogP contribution in [0.15, 0.2) is 23.2 Å². The van der Waals surface area contributed by atoms with Gasteiger partial charge in [-0.2, -0.15) is 0 Å². The van der Waals surface area contributed by atoms with Gasteiger partial charge in [-0.25, -0.2) is 0 Å². The van der Waals surface area contributed by atoms with E-state index in [0.717, 1.165) is 60.6 Å². The van der Waals surface area contributed by atoms with Crippen molar-refractivity contribution in [3.05, 3.63) is 35.4 Å². The lowest BCUT2D eigenvalue weighted by molar-refractivity contribution is 0.354. The number of hydrogen-bond donors (Lipinski definition) is 2. The van der Waals surface area contributed by atoms with Crippen LogP contribution < -0.4 is 20.1 Å². The van der Waals surface area contributed by atoms with E-state index in [1.807, 2.05) is 18.2 Å². The Bertz CT molecular complexity index is 808. The van der Waals surface area contributed by atoms with E-state index in [0.29, 0.717) is 6.54 Å². The molecule has 0 fully saturated rings.